The number of esters is 1. The first-order valence-corrected chi connectivity index (χ1v) is 12.0. The Morgan fingerprint density at radius 2 is 2.16 bits per heavy atom. The fourth-order valence-electron chi connectivity index (χ4n) is 3.43. The van der Waals surface area contributed by atoms with E-state index in [9.17, 15) is 9.59 Å². The molecule has 9 heteroatoms. The number of thiazole rings is 1. The smallest absolute Gasteiger partial charge is 0.338 e. The number of carbonyl (C=O) groups excluding carboxylic acids is 1. The molecule has 0 saturated heterocycles. The van der Waals surface area contributed by atoms with E-state index in [2.05, 4.69) is 20.9 Å². The Hall–Kier alpha value is -2.49. The molecule has 1 aliphatic heterocycles. The monoisotopic (exact) mass is 518 g/mol. The van der Waals surface area contributed by atoms with Gasteiger partial charge in [-0.3, -0.25) is 9.36 Å². The van der Waals surface area contributed by atoms with Crippen molar-refractivity contribution in [3.8, 4) is 5.75 Å². The molecule has 0 saturated carbocycles. The third-order valence-corrected chi connectivity index (χ3v) is 7.33. The van der Waals surface area contributed by atoms with Crippen LogP contribution in [0.15, 0.2) is 61.2 Å². The zero-order valence-electron chi connectivity index (χ0n) is 17.0. The molecule has 1 aliphatic rings. The largest absolute Gasteiger partial charge is 0.496 e. The van der Waals surface area contributed by atoms with Gasteiger partial charge in [-0.15, -0.1) is 11.3 Å². The topological polar surface area (TPSA) is 69.9 Å². The predicted molar refractivity (Wildman–Crippen MR) is 125 cm³/mol. The molecule has 160 valence electrons. The number of hydrogen-bond donors (Lipinski definition) is 0. The van der Waals surface area contributed by atoms with Crippen molar-refractivity contribution in [1.29, 1.82) is 0 Å². The van der Waals surface area contributed by atoms with Crippen LogP contribution in [0.2, 0.25) is 0 Å². The molecular weight excluding hydrogens is 500 g/mol. The van der Waals surface area contributed by atoms with Gasteiger partial charge in [0.05, 0.1) is 34.0 Å². The lowest BCUT2D eigenvalue weighted by atomic mass is 10.0. The number of rotatable bonds is 5. The zero-order valence-corrected chi connectivity index (χ0v) is 20.3. The minimum Gasteiger partial charge on any atom is -0.496 e. The van der Waals surface area contributed by atoms with Gasteiger partial charge in [0.15, 0.2) is 4.80 Å². The molecule has 4 rings (SSSR count). The van der Waals surface area contributed by atoms with Gasteiger partial charge in [-0.1, -0.05) is 23.5 Å². The van der Waals surface area contributed by atoms with Crippen LogP contribution in [0, 0.1) is 0 Å². The van der Waals surface area contributed by atoms with Crippen molar-refractivity contribution in [3.05, 3.63) is 81.6 Å². The van der Waals surface area contributed by atoms with Crippen LogP contribution in [-0.2, 0) is 9.53 Å². The highest BCUT2D eigenvalue weighted by molar-refractivity contribution is 9.10. The molecule has 31 heavy (non-hydrogen) atoms. The standard InChI is InChI=1S/C22H19BrN2O4S2/c1-4-29-21(27)18-12(2)24-22-25(19(18)16-6-5-9-30-16)20(26)17(31-22)11-13-7-8-15(28-3)14(23)10-13/h5-11,19H,4H2,1-3H3. The summed E-state index contributed by atoms with van der Waals surface area (Å²) >= 11 is 6.28. The van der Waals surface area contributed by atoms with Crippen molar-refractivity contribution in [2.45, 2.75) is 19.9 Å². The highest BCUT2D eigenvalue weighted by Crippen LogP contribution is 2.33. The maximum absolute atomic E-state index is 13.4. The second-order valence-corrected chi connectivity index (χ2v) is 9.55. The summed E-state index contributed by atoms with van der Waals surface area (Å²) in [7, 11) is 1.60. The summed E-state index contributed by atoms with van der Waals surface area (Å²) in [5.74, 6) is 0.265. The van der Waals surface area contributed by atoms with Gasteiger partial charge < -0.3 is 9.47 Å². The van der Waals surface area contributed by atoms with Crippen LogP contribution in [0.4, 0.5) is 0 Å². The van der Waals surface area contributed by atoms with Crippen LogP contribution in [0.25, 0.3) is 6.08 Å². The molecule has 2 aromatic heterocycles. The van der Waals surface area contributed by atoms with Crippen molar-refractivity contribution in [3.63, 3.8) is 0 Å². The van der Waals surface area contributed by atoms with E-state index in [1.54, 1.807) is 25.5 Å². The number of carbonyl (C=O) groups is 1. The normalized spacial score (nSPS) is 16.1. The summed E-state index contributed by atoms with van der Waals surface area (Å²) in [5.41, 5.74) is 1.63. The van der Waals surface area contributed by atoms with Crippen LogP contribution < -0.4 is 19.6 Å². The Morgan fingerprint density at radius 3 is 2.81 bits per heavy atom. The van der Waals surface area contributed by atoms with Crippen LogP contribution >= 0.6 is 38.6 Å². The Morgan fingerprint density at radius 1 is 1.35 bits per heavy atom. The molecule has 6 nitrogen and oxygen atoms in total. The van der Waals surface area contributed by atoms with Crippen LogP contribution in [-0.4, -0.2) is 24.3 Å². The van der Waals surface area contributed by atoms with Gasteiger partial charge in [-0.2, -0.15) is 0 Å². The molecule has 0 amide bonds. The minimum atomic E-state index is -0.556. The Bertz CT molecular complexity index is 1350. The molecule has 0 bridgehead atoms. The average Bonchev–Trinajstić information content (AvgIpc) is 3.36. The number of thiophene rings is 1. The quantitative estimate of drug-likeness (QED) is 0.483. The predicted octanol–water partition coefficient (Wildman–Crippen LogP) is 3.63. The first kappa shape index (κ1) is 21.7. The van der Waals surface area contributed by atoms with Crippen molar-refractivity contribution >= 4 is 50.6 Å². The summed E-state index contributed by atoms with van der Waals surface area (Å²) in [6.45, 7) is 3.80. The van der Waals surface area contributed by atoms with E-state index in [4.69, 9.17) is 9.47 Å². The Labute approximate surface area is 194 Å². The number of benzene rings is 1. The number of ether oxygens (including phenoxy) is 2. The molecule has 0 aliphatic carbocycles. The molecule has 0 radical (unpaired) electrons. The molecule has 0 N–H and O–H groups in total. The summed E-state index contributed by atoms with van der Waals surface area (Å²) in [6.07, 6.45) is 1.82. The van der Waals surface area contributed by atoms with Crippen molar-refractivity contribution in [2.24, 2.45) is 4.99 Å². The third-order valence-electron chi connectivity index (χ3n) is 4.80. The van der Waals surface area contributed by atoms with Gasteiger partial charge in [0.2, 0.25) is 0 Å². The van der Waals surface area contributed by atoms with Gasteiger partial charge in [0.25, 0.3) is 5.56 Å². The van der Waals surface area contributed by atoms with Crippen LogP contribution in [0.1, 0.15) is 30.3 Å². The Balaban J connectivity index is 1.91. The van der Waals surface area contributed by atoms with E-state index in [-0.39, 0.29) is 12.2 Å². The molecular formula is C22H19BrN2O4S2. The van der Waals surface area contributed by atoms with Gasteiger partial charge in [-0.25, -0.2) is 9.79 Å². The van der Waals surface area contributed by atoms with E-state index in [1.807, 2.05) is 41.8 Å². The van der Waals surface area contributed by atoms with Crippen molar-refractivity contribution in [1.82, 2.24) is 4.57 Å². The van der Waals surface area contributed by atoms with E-state index >= 15 is 0 Å². The summed E-state index contributed by atoms with van der Waals surface area (Å²) in [6, 6.07) is 8.88. The fraction of sp³-hybridized carbons (Fsp3) is 0.227. The first-order valence-electron chi connectivity index (χ1n) is 9.51. The van der Waals surface area contributed by atoms with Crippen LogP contribution in [0.3, 0.4) is 0 Å². The molecule has 1 atom stereocenters. The molecule has 1 unspecified atom stereocenters. The summed E-state index contributed by atoms with van der Waals surface area (Å²) in [5, 5.41) is 1.93. The van der Waals surface area contributed by atoms with E-state index < -0.39 is 12.0 Å². The third kappa shape index (κ3) is 4.05. The highest BCUT2D eigenvalue weighted by Gasteiger charge is 2.33. The second-order valence-electron chi connectivity index (χ2n) is 6.71. The molecule has 0 fully saturated rings. The Kier molecular flexibility index (Phi) is 6.27. The molecule has 0 spiro atoms. The van der Waals surface area contributed by atoms with Gasteiger partial charge in [-0.05, 0) is 65.0 Å². The maximum Gasteiger partial charge on any atom is 0.338 e. The number of methoxy groups -OCH3 is 1. The SMILES string of the molecule is CCOC(=O)C1=C(C)N=c2sc(=Cc3ccc(OC)c(Br)c3)c(=O)n2C1c1cccs1. The molecule has 3 heterocycles. The van der Waals surface area contributed by atoms with Crippen molar-refractivity contribution in [2.75, 3.05) is 13.7 Å². The molecule has 1 aromatic carbocycles. The minimum absolute atomic E-state index is 0.191. The van der Waals surface area contributed by atoms with Gasteiger partial charge in [0.1, 0.15) is 11.8 Å². The van der Waals surface area contributed by atoms with Gasteiger partial charge >= 0.3 is 5.97 Å². The fourth-order valence-corrected chi connectivity index (χ4v) is 5.86. The number of fused-ring (bicyclic) bond motifs is 1. The number of aromatic nitrogens is 1. The number of hydrogen-bond acceptors (Lipinski definition) is 7. The lowest BCUT2D eigenvalue weighted by Crippen LogP contribution is -2.39. The second kappa shape index (κ2) is 8.94. The van der Waals surface area contributed by atoms with Crippen LogP contribution in [0.5, 0.6) is 5.75 Å². The number of allylic oxidation sites excluding steroid dienone is 1. The maximum atomic E-state index is 13.4. The summed E-state index contributed by atoms with van der Waals surface area (Å²) in [4.78, 5) is 32.2. The lowest BCUT2D eigenvalue weighted by molar-refractivity contribution is -0.139. The number of halogens is 1. The number of nitrogens with zero attached hydrogens (tertiary/aromatic N) is 2. The van der Waals surface area contributed by atoms with Crippen molar-refractivity contribution < 1.29 is 14.3 Å². The highest BCUT2D eigenvalue weighted by atomic mass is 79.9. The molecule has 3 aromatic rings. The van der Waals surface area contributed by atoms with E-state index in [1.165, 1.54) is 22.7 Å². The zero-order chi connectivity index (χ0) is 22.1. The van der Waals surface area contributed by atoms with E-state index in [0.29, 0.717) is 26.4 Å². The van der Waals surface area contributed by atoms with Gasteiger partial charge in [0, 0.05) is 4.88 Å². The van der Waals surface area contributed by atoms with E-state index in [0.717, 1.165) is 14.9 Å². The summed E-state index contributed by atoms with van der Waals surface area (Å²) < 4.78 is 13.5. The lowest BCUT2D eigenvalue weighted by Gasteiger charge is -2.23. The average molecular weight is 519 g/mol. The first-order chi connectivity index (χ1) is 14.9.